The van der Waals surface area contributed by atoms with Gasteiger partial charge in [-0.3, -0.25) is 4.90 Å². The van der Waals surface area contributed by atoms with Gasteiger partial charge in [-0.15, -0.1) is 11.3 Å². The number of hydrogen-bond donors (Lipinski definition) is 3. The van der Waals surface area contributed by atoms with Gasteiger partial charge in [-0.05, 0) is 52.4 Å². The van der Waals surface area contributed by atoms with Crippen LogP contribution < -0.4 is 16.4 Å². The number of amides is 2. The van der Waals surface area contributed by atoms with Crippen LogP contribution >= 0.6 is 22.9 Å². The fraction of sp³-hybridized carbons (Fsp3) is 0.0370. The van der Waals surface area contributed by atoms with Crippen molar-refractivity contribution >= 4 is 67.3 Å². The molecule has 5 rings (SSSR count). The number of pyridine rings is 1. The standard InChI is InChI=1S/C27H21ClN4O3S2/c28-19-2-1-3-21(12-19)32(27(30)33)20-10-8-18(9-11-20)23-14-36-25-22(13-31-26(29)24(23)25)17-6-4-16(5-7-17)15-37(34)35/h1-14H,15H2,(H2,29,31)(H2,30,33)(H,34,35). The van der Waals surface area contributed by atoms with Gasteiger partial charge in [0.05, 0.1) is 17.1 Å². The van der Waals surface area contributed by atoms with Crippen LogP contribution in [0.15, 0.2) is 84.4 Å². The molecule has 0 aliphatic carbocycles. The molecule has 2 aromatic heterocycles. The van der Waals surface area contributed by atoms with Crippen LogP contribution in [0.1, 0.15) is 5.56 Å². The smallest absolute Gasteiger partial charge is 0.323 e. The Hall–Kier alpha value is -3.76. The zero-order valence-corrected chi connectivity index (χ0v) is 21.7. The predicted octanol–water partition coefficient (Wildman–Crippen LogP) is 6.80. The zero-order valence-electron chi connectivity index (χ0n) is 19.3. The number of carbonyl (C=O) groups excluding carboxylic acids is 1. The molecule has 0 saturated heterocycles. The second-order valence-corrected chi connectivity index (χ2v) is 10.5. The summed E-state index contributed by atoms with van der Waals surface area (Å²) in [5.41, 5.74) is 17.7. The topological polar surface area (TPSA) is 123 Å². The van der Waals surface area contributed by atoms with Gasteiger partial charge >= 0.3 is 6.03 Å². The van der Waals surface area contributed by atoms with Crippen LogP contribution in [-0.4, -0.2) is 19.8 Å². The Labute approximate surface area is 224 Å². The van der Waals surface area contributed by atoms with Crippen molar-refractivity contribution in [3.8, 4) is 22.3 Å². The number of carbonyl (C=O) groups is 1. The highest BCUT2D eigenvalue weighted by Crippen LogP contribution is 2.42. The van der Waals surface area contributed by atoms with Gasteiger partial charge in [-0.2, -0.15) is 0 Å². The van der Waals surface area contributed by atoms with E-state index in [9.17, 15) is 9.00 Å². The van der Waals surface area contributed by atoms with E-state index in [4.69, 9.17) is 27.6 Å². The molecule has 2 heterocycles. The van der Waals surface area contributed by atoms with Gasteiger partial charge in [-0.25, -0.2) is 14.0 Å². The van der Waals surface area contributed by atoms with Crippen LogP contribution in [-0.2, 0) is 16.8 Å². The van der Waals surface area contributed by atoms with Crippen LogP contribution in [0.5, 0.6) is 0 Å². The number of thiophene rings is 1. The number of benzene rings is 3. The summed E-state index contributed by atoms with van der Waals surface area (Å²) < 4.78 is 21.2. The number of rotatable bonds is 6. The molecule has 0 aliphatic rings. The number of hydrogen-bond acceptors (Lipinski definition) is 5. The van der Waals surface area contributed by atoms with Gasteiger partial charge in [0.2, 0.25) is 0 Å². The summed E-state index contributed by atoms with van der Waals surface area (Å²) in [6.45, 7) is 0. The molecule has 0 radical (unpaired) electrons. The Kier molecular flexibility index (Phi) is 6.94. The minimum atomic E-state index is -1.89. The molecule has 0 aliphatic heterocycles. The number of anilines is 3. The van der Waals surface area contributed by atoms with Crippen molar-refractivity contribution in [2.75, 3.05) is 10.6 Å². The quantitative estimate of drug-likeness (QED) is 0.201. The maximum atomic E-state index is 12.2. The van der Waals surface area contributed by atoms with Gasteiger partial charge < -0.3 is 16.0 Å². The molecular formula is C27H21ClN4O3S2. The maximum Gasteiger partial charge on any atom is 0.323 e. The van der Waals surface area contributed by atoms with Gasteiger partial charge in [-0.1, -0.05) is 54.1 Å². The predicted molar refractivity (Wildman–Crippen MR) is 153 cm³/mol. The second-order valence-electron chi connectivity index (χ2n) is 8.27. The third-order valence-corrected chi connectivity index (χ3v) is 7.73. The lowest BCUT2D eigenvalue weighted by atomic mass is 10.0. The van der Waals surface area contributed by atoms with Crippen molar-refractivity contribution in [3.05, 3.63) is 95.0 Å². The van der Waals surface area contributed by atoms with E-state index < -0.39 is 17.1 Å². The number of nitrogens with zero attached hydrogens (tertiary/aromatic N) is 2. The number of primary amides is 1. The lowest BCUT2D eigenvalue weighted by Crippen LogP contribution is -2.31. The average Bonchev–Trinajstić information content (AvgIpc) is 3.31. The van der Waals surface area contributed by atoms with Crippen LogP contribution in [0.3, 0.4) is 0 Å². The molecule has 3 aromatic carbocycles. The Bertz CT molecular complexity index is 1640. The highest BCUT2D eigenvalue weighted by Gasteiger charge is 2.18. The number of nitrogens with two attached hydrogens (primary N) is 2. The van der Waals surface area contributed by atoms with E-state index in [1.165, 1.54) is 4.90 Å². The van der Waals surface area contributed by atoms with Crippen molar-refractivity contribution in [1.82, 2.24) is 4.98 Å². The maximum absolute atomic E-state index is 12.2. The molecule has 0 spiro atoms. The molecule has 10 heteroatoms. The minimum absolute atomic E-state index is 0.0827. The molecule has 37 heavy (non-hydrogen) atoms. The summed E-state index contributed by atoms with van der Waals surface area (Å²) in [6, 6.07) is 21.3. The molecule has 0 bridgehead atoms. The van der Waals surface area contributed by atoms with Crippen LogP contribution in [0.2, 0.25) is 5.02 Å². The van der Waals surface area contributed by atoms with Crippen LogP contribution in [0.25, 0.3) is 32.3 Å². The Balaban J connectivity index is 1.52. The molecule has 1 unspecified atom stereocenters. The van der Waals surface area contributed by atoms with E-state index in [0.717, 1.165) is 37.9 Å². The van der Waals surface area contributed by atoms with Crippen molar-refractivity contribution in [2.24, 2.45) is 5.73 Å². The number of halogens is 1. The van der Waals surface area contributed by atoms with E-state index in [0.29, 0.717) is 22.2 Å². The Morgan fingerprint density at radius 2 is 1.68 bits per heavy atom. The van der Waals surface area contributed by atoms with Gasteiger partial charge in [0, 0.05) is 32.4 Å². The fourth-order valence-corrected chi connectivity index (χ4v) is 6.00. The molecule has 0 fully saturated rings. The summed E-state index contributed by atoms with van der Waals surface area (Å²) >= 11 is 5.78. The molecule has 5 N–H and O–H groups in total. The van der Waals surface area contributed by atoms with Gasteiger partial charge in [0.1, 0.15) is 5.82 Å². The molecule has 2 amide bonds. The normalized spacial score (nSPS) is 11.9. The van der Waals surface area contributed by atoms with Crippen LogP contribution in [0.4, 0.5) is 22.0 Å². The Morgan fingerprint density at radius 3 is 2.32 bits per heavy atom. The molecule has 5 aromatic rings. The van der Waals surface area contributed by atoms with E-state index in [2.05, 4.69) is 4.98 Å². The average molecular weight is 549 g/mol. The second kappa shape index (κ2) is 10.3. The molecule has 0 saturated carbocycles. The monoisotopic (exact) mass is 548 g/mol. The van der Waals surface area contributed by atoms with E-state index in [-0.39, 0.29) is 5.75 Å². The molecule has 186 valence electrons. The summed E-state index contributed by atoms with van der Waals surface area (Å²) in [4.78, 5) is 18.1. The minimum Gasteiger partial charge on any atom is -0.383 e. The molecular weight excluding hydrogens is 528 g/mol. The van der Waals surface area contributed by atoms with Crippen molar-refractivity contribution < 1.29 is 13.6 Å². The summed E-state index contributed by atoms with van der Waals surface area (Å²) in [6.07, 6.45) is 1.75. The van der Waals surface area contributed by atoms with Crippen molar-refractivity contribution in [1.29, 1.82) is 0 Å². The third kappa shape index (κ3) is 5.07. The highest BCUT2D eigenvalue weighted by molar-refractivity contribution is 7.78. The summed E-state index contributed by atoms with van der Waals surface area (Å²) in [5.74, 6) is 0.503. The largest absolute Gasteiger partial charge is 0.383 e. The number of nitrogen functional groups attached to an aromatic ring is 1. The first-order valence-electron chi connectivity index (χ1n) is 11.1. The summed E-state index contributed by atoms with van der Waals surface area (Å²) in [5, 5.41) is 3.38. The summed E-state index contributed by atoms with van der Waals surface area (Å²) in [7, 11) is 0. The first-order valence-corrected chi connectivity index (χ1v) is 13.6. The van der Waals surface area contributed by atoms with E-state index >= 15 is 0 Å². The zero-order chi connectivity index (χ0) is 26.1. The number of fused-ring (bicyclic) bond motifs is 1. The van der Waals surface area contributed by atoms with Crippen molar-refractivity contribution in [3.63, 3.8) is 0 Å². The van der Waals surface area contributed by atoms with E-state index in [1.54, 1.807) is 41.8 Å². The first kappa shape index (κ1) is 24.9. The van der Waals surface area contributed by atoms with E-state index in [1.807, 2.05) is 53.9 Å². The van der Waals surface area contributed by atoms with Gasteiger partial charge in [0.25, 0.3) is 0 Å². The van der Waals surface area contributed by atoms with Gasteiger partial charge in [0.15, 0.2) is 11.1 Å². The molecule has 1 atom stereocenters. The lowest BCUT2D eigenvalue weighted by Gasteiger charge is -2.21. The van der Waals surface area contributed by atoms with Crippen LogP contribution in [0, 0.1) is 0 Å². The number of aromatic nitrogens is 1. The first-order chi connectivity index (χ1) is 17.8. The highest BCUT2D eigenvalue weighted by atomic mass is 35.5. The lowest BCUT2D eigenvalue weighted by molar-refractivity contribution is 0.256. The Morgan fingerprint density at radius 1 is 1.00 bits per heavy atom. The SMILES string of the molecule is NC(=O)N(c1ccc(-c2csc3c(-c4ccc(CS(=O)O)cc4)cnc(N)c23)cc1)c1cccc(Cl)c1. The molecule has 7 nitrogen and oxygen atoms in total. The third-order valence-electron chi connectivity index (χ3n) is 5.90. The number of urea groups is 1. The fourth-order valence-electron chi connectivity index (χ4n) is 4.22. The van der Waals surface area contributed by atoms with Crippen molar-refractivity contribution in [2.45, 2.75) is 5.75 Å².